The van der Waals surface area contributed by atoms with Crippen LogP contribution in [0.5, 0.6) is 0 Å². The summed E-state index contributed by atoms with van der Waals surface area (Å²) in [6, 6.07) is 9.51. The van der Waals surface area contributed by atoms with Crippen molar-refractivity contribution in [3.8, 4) is 17.3 Å². The quantitative estimate of drug-likeness (QED) is 0.904. The molecule has 0 radical (unpaired) electrons. The Kier molecular flexibility index (Phi) is 3.65. The Morgan fingerprint density at radius 3 is 2.61 bits per heavy atom. The van der Waals surface area contributed by atoms with Gasteiger partial charge in [0, 0.05) is 10.0 Å². The summed E-state index contributed by atoms with van der Waals surface area (Å²) in [6.07, 6.45) is 0. The van der Waals surface area contributed by atoms with Crippen molar-refractivity contribution in [2.75, 3.05) is 12.3 Å². The molecule has 0 unspecified atom stereocenters. The van der Waals surface area contributed by atoms with Crippen molar-refractivity contribution >= 4 is 21.7 Å². The standard InChI is InChI=1S/C12H11BrN4O/c13-9-3-1-8(2-4-9)11-10(7-14)12(15)17(16-11)5-6-18/h1-4,18H,5-6,15H2. The van der Waals surface area contributed by atoms with Crippen LogP contribution < -0.4 is 5.73 Å². The van der Waals surface area contributed by atoms with Gasteiger partial charge in [0.05, 0.1) is 13.2 Å². The molecule has 2 aromatic rings. The lowest BCUT2D eigenvalue weighted by molar-refractivity contribution is 0.270. The molecular weight excluding hydrogens is 296 g/mol. The van der Waals surface area contributed by atoms with E-state index in [9.17, 15) is 0 Å². The number of hydrogen-bond donors (Lipinski definition) is 2. The fourth-order valence-corrected chi connectivity index (χ4v) is 1.92. The lowest BCUT2D eigenvalue weighted by Gasteiger charge is -1.99. The van der Waals surface area contributed by atoms with E-state index in [4.69, 9.17) is 16.1 Å². The van der Waals surface area contributed by atoms with Crippen LogP contribution in [-0.2, 0) is 6.54 Å². The molecule has 0 aliphatic heterocycles. The monoisotopic (exact) mass is 306 g/mol. The number of nitriles is 1. The third kappa shape index (κ3) is 2.23. The van der Waals surface area contributed by atoms with Gasteiger partial charge in [-0.05, 0) is 12.1 Å². The van der Waals surface area contributed by atoms with Crippen LogP contribution in [-0.4, -0.2) is 21.5 Å². The maximum Gasteiger partial charge on any atom is 0.140 e. The predicted octanol–water partition coefficient (Wildman–Crippen LogP) is 1.76. The van der Waals surface area contributed by atoms with Gasteiger partial charge in [-0.2, -0.15) is 10.4 Å². The topological polar surface area (TPSA) is 87.9 Å². The summed E-state index contributed by atoms with van der Waals surface area (Å²) in [5, 5.41) is 22.3. The Morgan fingerprint density at radius 2 is 2.06 bits per heavy atom. The lowest BCUT2D eigenvalue weighted by Crippen LogP contribution is -2.07. The summed E-state index contributed by atoms with van der Waals surface area (Å²) in [4.78, 5) is 0. The Hall–Kier alpha value is -1.84. The lowest BCUT2D eigenvalue weighted by atomic mass is 10.1. The number of aliphatic hydroxyl groups is 1. The minimum absolute atomic E-state index is 0.0729. The summed E-state index contributed by atoms with van der Waals surface area (Å²) >= 11 is 3.35. The first-order chi connectivity index (χ1) is 8.67. The van der Waals surface area contributed by atoms with E-state index in [0.717, 1.165) is 10.0 Å². The number of anilines is 1. The number of halogens is 1. The normalized spacial score (nSPS) is 10.3. The van der Waals surface area contributed by atoms with Crippen molar-refractivity contribution in [3.05, 3.63) is 34.3 Å². The molecule has 1 aromatic carbocycles. The number of aromatic nitrogens is 2. The van der Waals surface area contributed by atoms with Crippen molar-refractivity contribution < 1.29 is 5.11 Å². The zero-order valence-corrected chi connectivity index (χ0v) is 11.1. The molecule has 0 amide bonds. The molecule has 18 heavy (non-hydrogen) atoms. The molecule has 0 fully saturated rings. The fourth-order valence-electron chi connectivity index (χ4n) is 1.66. The molecule has 0 aliphatic rings. The summed E-state index contributed by atoms with van der Waals surface area (Å²) in [6.45, 7) is 0.202. The number of benzene rings is 1. The van der Waals surface area contributed by atoms with E-state index in [1.165, 1.54) is 4.68 Å². The summed E-state index contributed by atoms with van der Waals surface area (Å²) in [5.41, 5.74) is 7.52. The summed E-state index contributed by atoms with van der Waals surface area (Å²) in [5.74, 6) is 0.282. The van der Waals surface area contributed by atoms with Crippen LogP contribution in [0, 0.1) is 11.3 Å². The van der Waals surface area contributed by atoms with Gasteiger partial charge in [-0.15, -0.1) is 0 Å². The molecule has 3 N–H and O–H groups in total. The van der Waals surface area contributed by atoms with E-state index in [1.807, 2.05) is 24.3 Å². The van der Waals surface area contributed by atoms with Crippen molar-refractivity contribution in [1.29, 1.82) is 5.26 Å². The summed E-state index contributed by atoms with van der Waals surface area (Å²) < 4.78 is 2.39. The maximum atomic E-state index is 9.14. The van der Waals surface area contributed by atoms with Gasteiger partial charge in [0.2, 0.25) is 0 Å². The van der Waals surface area contributed by atoms with E-state index < -0.39 is 0 Å². The molecule has 6 heteroatoms. The van der Waals surface area contributed by atoms with Gasteiger partial charge < -0.3 is 10.8 Å². The molecular formula is C12H11BrN4O. The van der Waals surface area contributed by atoms with Gasteiger partial charge in [-0.1, -0.05) is 28.1 Å². The van der Waals surface area contributed by atoms with E-state index in [0.29, 0.717) is 11.3 Å². The Balaban J connectivity index is 2.54. The van der Waals surface area contributed by atoms with Crippen LogP contribution in [0.25, 0.3) is 11.3 Å². The molecule has 0 spiro atoms. The van der Waals surface area contributed by atoms with Crippen LogP contribution in [0.4, 0.5) is 5.82 Å². The number of rotatable bonds is 3. The molecule has 5 nitrogen and oxygen atoms in total. The highest BCUT2D eigenvalue weighted by atomic mass is 79.9. The molecule has 0 bridgehead atoms. The summed E-state index contributed by atoms with van der Waals surface area (Å²) in [7, 11) is 0. The predicted molar refractivity (Wildman–Crippen MR) is 71.6 cm³/mol. The van der Waals surface area contributed by atoms with Crippen LogP contribution in [0.15, 0.2) is 28.7 Å². The first-order valence-electron chi connectivity index (χ1n) is 5.30. The number of nitrogens with zero attached hydrogens (tertiary/aromatic N) is 3. The molecule has 0 saturated heterocycles. The molecule has 0 saturated carbocycles. The number of nitrogen functional groups attached to an aromatic ring is 1. The SMILES string of the molecule is N#Cc1c(-c2ccc(Br)cc2)nn(CCO)c1N. The van der Waals surface area contributed by atoms with Crippen molar-refractivity contribution in [2.45, 2.75) is 6.54 Å². The Morgan fingerprint density at radius 1 is 1.39 bits per heavy atom. The third-order valence-electron chi connectivity index (χ3n) is 2.53. The van der Waals surface area contributed by atoms with Crippen molar-refractivity contribution in [2.24, 2.45) is 0 Å². The Bertz CT molecular complexity index is 598. The molecule has 92 valence electrons. The largest absolute Gasteiger partial charge is 0.394 e. The van der Waals surface area contributed by atoms with Crippen LogP contribution >= 0.6 is 15.9 Å². The Labute approximate surface area is 113 Å². The zero-order chi connectivity index (χ0) is 13.1. The minimum Gasteiger partial charge on any atom is -0.394 e. The van der Waals surface area contributed by atoms with Crippen molar-refractivity contribution in [1.82, 2.24) is 9.78 Å². The minimum atomic E-state index is -0.0729. The number of nitrogens with two attached hydrogens (primary N) is 1. The first-order valence-corrected chi connectivity index (χ1v) is 6.10. The van der Waals surface area contributed by atoms with Gasteiger partial charge in [0.15, 0.2) is 0 Å². The number of aliphatic hydroxyl groups excluding tert-OH is 1. The van der Waals surface area contributed by atoms with Crippen molar-refractivity contribution in [3.63, 3.8) is 0 Å². The molecule has 1 heterocycles. The number of hydrogen-bond acceptors (Lipinski definition) is 4. The van der Waals surface area contributed by atoms with E-state index in [2.05, 4.69) is 27.1 Å². The van der Waals surface area contributed by atoms with Gasteiger partial charge in [0.25, 0.3) is 0 Å². The average Bonchev–Trinajstić information content (AvgIpc) is 2.68. The van der Waals surface area contributed by atoms with Gasteiger partial charge in [-0.25, -0.2) is 4.68 Å². The van der Waals surface area contributed by atoms with E-state index in [-0.39, 0.29) is 19.0 Å². The molecule has 0 atom stereocenters. The zero-order valence-electron chi connectivity index (χ0n) is 9.47. The second kappa shape index (κ2) is 5.21. The molecule has 2 rings (SSSR count). The van der Waals surface area contributed by atoms with E-state index >= 15 is 0 Å². The van der Waals surface area contributed by atoms with Gasteiger partial charge in [0.1, 0.15) is 23.1 Å². The smallest absolute Gasteiger partial charge is 0.140 e. The fraction of sp³-hybridized carbons (Fsp3) is 0.167. The highest BCUT2D eigenvalue weighted by molar-refractivity contribution is 9.10. The maximum absolute atomic E-state index is 9.14. The van der Waals surface area contributed by atoms with E-state index in [1.54, 1.807) is 0 Å². The van der Waals surface area contributed by atoms with Gasteiger partial charge in [-0.3, -0.25) is 0 Å². The highest BCUT2D eigenvalue weighted by Gasteiger charge is 2.16. The van der Waals surface area contributed by atoms with Crippen LogP contribution in [0.3, 0.4) is 0 Å². The third-order valence-corrected chi connectivity index (χ3v) is 3.06. The van der Waals surface area contributed by atoms with Gasteiger partial charge >= 0.3 is 0 Å². The van der Waals surface area contributed by atoms with Crippen LogP contribution in [0.2, 0.25) is 0 Å². The average molecular weight is 307 g/mol. The second-order valence-electron chi connectivity index (χ2n) is 3.67. The second-order valence-corrected chi connectivity index (χ2v) is 4.59. The van der Waals surface area contributed by atoms with Crippen LogP contribution in [0.1, 0.15) is 5.56 Å². The molecule has 0 aliphatic carbocycles. The molecule has 1 aromatic heterocycles. The highest BCUT2D eigenvalue weighted by Crippen LogP contribution is 2.27. The first kappa shape index (κ1) is 12.6.